The van der Waals surface area contributed by atoms with E-state index in [1.807, 2.05) is 0 Å². The van der Waals surface area contributed by atoms with Gasteiger partial charge in [0, 0.05) is 13.0 Å². The highest BCUT2D eigenvalue weighted by Crippen LogP contribution is 2.25. The first-order valence-electron chi connectivity index (χ1n) is 8.23. The first kappa shape index (κ1) is 19.6. The van der Waals surface area contributed by atoms with Crippen LogP contribution < -0.4 is 10.1 Å². The van der Waals surface area contributed by atoms with E-state index in [1.54, 1.807) is 31.2 Å². The number of piperidine rings is 1. The quantitative estimate of drug-likeness (QED) is 0.396. The monoisotopic (exact) mass is 355 g/mol. The molecular weight excluding hydrogens is 330 g/mol. The standard InChI is InChI=1S/C17H25NO7/c1-2-24-16(23)11-3-5-12(6-4-11)25-8-7-17(10-19)15(22)14(21)13(20)9-18-17/h3-6,13-15,18-22H,2,7-10H2,1H3/t13-,14+,15-,17-/m0/s1. The predicted octanol–water partition coefficient (Wildman–Crippen LogP) is -0.951. The van der Waals surface area contributed by atoms with Crippen molar-refractivity contribution in [2.24, 2.45) is 0 Å². The number of aliphatic hydroxyl groups excluding tert-OH is 4. The lowest BCUT2D eigenvalue weighted by molar-refractivity contribution is -0.136. The van der Waals surface area contributed by atoms with Crippen LogP contribution in [-0.2, 0) is 4.74 Å². The van der Waals surface area contributed by atoms with E-state index in [-0.39, 0.29) is 19.6 Å². The number of benzene rings is 1. The minimum atomic E-state index is -1.34. The maximum Gasteiger partial charge on any atom is 0.338 e. The van der Waals surface area contributed by atoms with Crippen molar-refractivity contribution in [3.8, 4) is 5.75 Å². The summed E-state index contributed by atoms with van der Waals surface area (Å²) in [5.74, 6) is 0.113. The van der Waals surface area contributed by atoms with Crippen molar-refractivity contribution in [2.45, 2.75) is 37.2 Å². The van der Waals surface area contributed by atoms with Gasteiger partial charge in [-0.2, -0.15) is 0 Å². The van der Waals surface area contributed by atoms with Gasteiger partial charge in [-0.15, -0.1) is 0 Å². The van der Waals surface area contributed by atoms with Crippen molar-refractivity contribution in [3.05, 3.63) is 29.8 Å². The lowest BCUT2D eigenvalue weighted by atomic mass is 9.81. The van der Waals surface area contributed by atoms with Gasteiger partial charge in [0.2, 0.25) is 0 Å². The summed E-state index contributed by atoms with van der Waals surface area (Å²) in [6.07, 6.45) is -3.53. The number of nitrogens with one attached hydrogen (secondary N) is 1. The van der Waals surface area contributed by atoms with Gasteiger partial charge >= 0.3 is 5.97 Å². The van der Waals surface area contributed by atoms with Crippen LogP contribution in [0.1, 0.15) is 23.7 Å². The Labute approximate surface area is 146 Å². The van der Waals surface area contributed by atoms with Gasteiger partial charge in [0.05, 0.1) is 37.0 Å². The molecule has 0 spiro atoms. The number of rotatable bonds is 7. The van der Waals surface area contributed by atoms with Crippen LogP contribution in [0.2, 0.25) is 0 Å². The van der Waals surface area contributed by atoms with E-state index in [9.17, 15) is 25.2 Å². The Morgan fingerprint density at radius 1 is 1.28 bits per heavy atom. The summed E-state index contributed by atoms with van der Waals surface area (Å²) in [7, 11) is 0. The number of β-amino-alcohol motifs (C(OH)–C–C–N with tert-alkyl or cyclic N) is 1. The van der Waals surface area contributed by atoms with Crippen molar-refractivity contribution in [3.63, 3.8) is 0 Å². The van der Waals surface area contributed by atoms with Crippen LogP contribution >= 0.6 is 0 Å². The molecule has 1 aliphatic rings. The number of esters is 1. The summed E-state index contributed by atoms with van der Waals surface area (Å²) in [4.78, 5) is 11.6. The van der Waals surface area contributed by atoms with E-state index < -0.39 is 36.4 Å². The predicted molar refractivity (Wildman–Crippen MR) is 88.4 cm³/mol. The second-order valence-corrected chi connectivity index (χ2v) is 6.04. The lowest BCUT2D eigenvalue weighted by Crippen LogP contribution is -2.70. The van der Waals surface area contributed by atoms with Crippen molar-refractivity contribution < 1.29 is 34.7 Å². The molecule has 0 amide bonds. The van der Waals surface area contributed by atoms with Crippen LogP contribution in [0.3, 0.4) is 0 Å². The SMILES string of the molecule is CCOC(=O)c1ccc(OCC[C@@]2(CO)NC[C@H](O)[C@@H](O)[C@@H]2O)cc1. The second kappa shape index (κ2) is 8.59. The first-order chi connectivity index (χ1) is 11.9. The minimum absolute atomic E-state index is 0.0625. The summed E-state index contributed by atoms with van der Waals surface area (Å²) in [5, 5.41) is 42.1. The van der Waals surface area contributed by atoms with Crippen molar-refractivity contribution in [1.29, 1.82) is 0 Å². The zero-order valence-corrected chi connectivity index (χ0v) is 14.1. The normalized spacial score (nSPS) is 29.2. The molecule has 0 saturated carbocycles. The molecule has 0 unspecified atom stereocenters. The van der Waals surface area contributed by atoms with Crippen LogP contribution in [0, 0.1) is 0 Å². The maximum absolute atomic E-state index is 11.6. The van der Waals surface area contributed by atoms with Crippen LogP contribution in [0.25, 0.3) is 0 Å². The van der Waals surface area contributed by atoms with Gasteiger partial charge in [-0.1, -0.05) is 0 Å². The number of ether oxygens (including phenoxy) is 2. The molecule has 8 heteroatoms. The average molecular weight is 355 g/mol. The molecule has 1 saturated heterocycles. The van der Waals surface area contributed by atoms with Gasteiger partial charge in [-0.3, -0.25) is 0 Å². The number of carbonyl (C=O) groups is 1. The molecule has 8 nitrogen and oxygen atoms in total. The number of hydrogen-bond acceptors (Lipinski definition) is 8. The molecule has 140 valence electrons. The van der Waals surface area contributed by atoms with Gasteiger partial charge < -0.3 is 35.2 Å². The highest BCUT2D eigenvalue weighted by Gasteiger charge is 2.47. The maximum atomic E-state index is 11.6. The molecule has 4 atom stereocenters. The van der Waals surface area contributed by atoms with Crippen LogP contribution in [0.15, 0.2) is 24.3 Å². The number of carbonyl (C=O) groups excluding carboxylic acids is 1. The highest BCUT2D eigenvalue weighted by molar-refractivity contribution is 5.89. The van der Waals surface area contributed by atoms with Crippen molar-refractivity contribution in [1.82, 2.24) is 5.32 Å². The van der Waals surface area contributed by atoms with Crippen LogP contribution in [-0.4, -0.2) is 76.6 Å². The average Bonchev–Trinajstić information content (AvgIpc) is 2.63. The molecule has 0 aliphatic carbocycles. The third-order valence-electron chi connectivity index (χ3n) is 4.41. The lowest BCUT2D eigenvalue weighted by Gasteiger charge is -2.45. The van der Waals surface area contributed by atoms with Gasteiger partial charge in [0.25, 0.3) is 0 Å². The Morgan fingerprint density at radius 3 is 2.56 bits per heavy atom. The molecule has 1 heterocycles. The molecule has 25 heavy (non-hydrogen) atoms. The zero-order valence-electron chi connectivity index (χ0n) is 14.1. The summed E-state index contributed by atoms with van der Waals surface area (Å²) < 4.78 is 10.5. The van der Waals surface area contributed by atoms with E-state index in [4.69, 9.17) is 9.47 Å². The van der Waals surface area contributed by atoms with E-state index in [1.165, 1.54) is 0 Å². The molecule has 1 fully saturated rings. The molecule has 0 aromatic heterocycles. The zero-order chi connectivity index (χ0) is 18.4. The van der Waals surface area contributed by atoms with E-state index in [0.29, 0.717) is 17.9 Å². The third kappa shape index (κ3) is 4.47. The Bertz CT molecular complexity index is 565. The second-order valence-electron chi connectivity index (χ2n) is 6.04. The van der Waals surface area contributed by atoms with Gasteiger partial charge in [-0.05, 0) is 31.2 Å². The molecule has 2 rings (SSSR count). The third-order valence-corrected chi connectivity index (χ3v) is 4.41. The van der Waals surface area contributed by atoms with E-state index in [2.05, 4.69) is 5.32 Å². The molecule has 1 aliphatic heterocycles. The fraction of sp³-hybridized carbons (Fsp3) is 0.588. The molecular formula is C17H25NO7. The Hall–Kier alpha value is -1.71. The van der Waals surface area contributed by atoms with Gasteiger partial charge in [0.1, 0.15) is 18.0 Å². The summed E-state index contributed by atoms with van der Waals surface area (Å²) >= 11 is 0. The fourth-order valence-corrected chi connectivity index (χ4v) is 2.79. The molecule has 0 bridgehead atoms. The molecule has 1 aromatic carbocycles. The topological polar surface area (TPSA) is 128 Å². The van der Waals surface area contributed by atoms with Crippen molar-refractivity contribution >= 4 is 5.97 Å². The fourth-order valence-electron chi connectivity index (χ4n) is 2.79. The van der Waals surface area contributed by atoms with Gasteiger partial charge in [0.15, 0.2) is 0 Å². The van der Waals surface area contributed by atoms with Crippen LogP contribution in [0.5, 0.6) is 5.75 Å². The van der Waals surface area contributed by atoms with Crippen molar-refractivity contribution in [2.75, 3.05) is 26.4 Å². The minimum Gasteiger partial charge on any atom is -0.494 e. The smallest absolute Gasteiger partial charge is 0.338 e. The summed E-state index contributed by atoms with van der Waals surface area (Å²) in [5.41, 5.74) is -0.730. The molecule has 5 N–H and O–H groups in total. The Balaban J connectivity index is 1.91. The largest absolute Gasteiger partial charge is 0.494 e. The van der Waals surface area contributed by atoms with Crippen LogP contribution in [0.4, 0.5) is 0 Å². The highest BCUT2D eigenvalue weighted by atomic mass is 16.5. The number of aliphatic hydroxyl groups is 4. The first-order valence-corrected chi connectivity index (χ1v) is 8.23. The van der Waals surface area contributed by atoms with E-state index >= 15 is 0 Å². The Morgan fingerprint density at radius 2 is 1.96 bits per heavy atom. The van der Waals surface area contributed by atoms with Gasteiger partial charge in [-0.25, -0.2) is 4.79 Å². The summed E-state index contributed by atoms with van der Waals surface area (Å²) in [6.45, 7) is 1.84. The van der Waals surface area contributed by atoms with E-state index in [0.717, 1.165) is 0 Å². The summed E-state index contributed by atoms with van der Waals surface area (Å²) in [6, 6.07) is 6.42. The molecule has 1 aromatic rings. The molecule has 0 radical (unpaired) electrons. The number of hydrogen-bond donors (Lipinski definition) is 5. The Kier molecular flexibility index (Phi) is 6.74.